The standard InChI is InChI=1S/C13H19BrN4O/c1-10-4-2-3-7-18(10)12(19)5-6-15-13-16-8-11(14)9-17-13/h8-10H,2-7H2,1H3,(H,15,16,17)/t10-/m0/s1. The van der Waals surface area contributed by atoms with Crippen LogP contribution in [-0.2, 0) is 4.79 Å². The van der Waals surface area contributed by atoms with Gasteiger partial charge in [-0.15, -0.1) is 0 Å². The Morgan fingerprint density at radius 3 is 2.89 bits per heavy atom. The summed E-state index contributed by atoms with van der Waals surface area (Å²) in [6, 6.07) is 0.380. The van der Waals surface area contributed by atoms with Crippen molar-refractivity contribution >= 4 is 27.8 Å². The predicted molar refractivity (Wildman–Crippen MR) is 77.9 cm³/mol. The van der Waals surface area contributed by atoms with Crippen LogP contribution in [-0.4, -0.2) is 39.9 Å². The molecule has 0 aliphatic carbocycles. The third-order valence-corrected chi connectivity index (χ3v) is 3.78. The summed E-state index contributed by atoms with van der Waals surface area (Å²) in [5.74, 6) is 0.777. The Hall–Kier alpha value is -1.17. The highest BCUT2D eigenvalue weighted by molar-refractivity contribution is 9.10. The second-order valence-electron chi connectivity index (χ2n) is 4.83. The van der Waals surface area contributed by atoms with Crippen LogP contribution in [0.2, 0.25) is 0 Å². The predicted octanol–water partition coefficient (Wildman–Crippen LogP) is 2.44. The smallest absolute Gasteiger partial charge is 0.224 e. The molecule has 0 aromatic carbocycles. The molecule has 0 unspecified atom stereocenters. The summed E-state index contributed by atoms with van der Waals surface area (Å²) in [5.41, 5.74) is 0. The van der Waals surface area contributed by atoms with E-state index in [1.807, 2.05) is 4.90 Å². The summed E-state index contributed by atoms with van der Waals surface area (Å²) < 4.78 is 0.844. The lowest BCUT2D eigenvalue weighted by molar-refractivity contribution is -0.134. The minimum Gasteiger partial charge on any atom is -0.354 e. The molecule has 2 heterocycles. The maximum Gasteiger partial charge on any atom is 0.224 e. The van der Waals surface area contributed by atoms with Gasteiger partial charge in [0.25, 0.3) is 0 Å². The van der Waals surface area contributed by atoms with Crippen molar-refractivity contribution in [2.75, 3.05) is 18.4 Å². The number of hydrogen-bond donors (Lipinski definition) is 1. The molecule has 5 nitrogen and oxygen atoms in total. The first-order valence-electron chi connectivity index (χ1n) is 6.67. The molecule has 6 heteroatoms. The highest BCUT2D eigenvalue weighted by Crippen LogP contribution is 2.17. The zero-order chi connectivity index (χ0) is 13.7. The van der Waals surface area contributed by atoms with Crippen molar-refractivity contribution in [3.63, 3.8) is 0 Å². The number of aromatic nitrogens is 2. The normalized spacial score (nSPS) is 19.3. The second kappa shape index (κ2) is 6.84. The lowest BCUT2D eigenvalue weighted by Gasteiger charge is -2.33. The van der Waals surface area contributed by atoms with E-state index < -0.39 is 0 Å². The van der Waals surface area contributed by atoms with Crippen molar-refractivity contribution in [2.45, 2.75) is 38.6 Å². The molecule has 2 rings (SSSR count). The Bertz CT molecular complexity index is 423. The number of nitrogens with zero attached hydrogens (tertiary/aromatic N) is 3. The number of anilines is 1. The fourth-order valence-electron chi connectivity index (χ4n) is 2.30. The first-order chi connectivity index (χ1) is 9.16. The van der Waals surface area contributed by atoms with Gasteiger partial charge in [0.2, 0.25) is 11.9 Å². The van der Waals surface area contributed by atoms with Gasteiger partial charge in [-0.3, -0.25) is 4.79 Å². The van der Waals surface area contributed by atoms with Gasteiger partial charge in [0.15, 0.2) is 0 Å². The lowest BCUT2D eigenvalue weighted by Crippen LogP contribution is -2.42. The number of likely N-dealkylation sites (tertiary alicyclic amines) is 1. The van der Waals surface area contributed by atoms with Crippen molar-refractivity contribution in [1.82, 2.24) is 14.9 Å². The number of carbonyl (C=O) groups is 1. The van der Waals surface area contributed by atoms with Crippen LogP contribution in [0.3, 0.4) is 0 Å². The van der Waals surface area contributed by atoms with Crippen molar-refractivity contribution in [3.05, 3.63) is 16.9 Å². The van der Waals surface area contributed by atoms with Crippen LogP contribution in [0.5, 0.6) is 0 Å². The molecule has 0 radical (unpaired) electrons. The molecule has 0 saturated carbocycles. The van der Waals surface area contributed by atoms with Gasteiger partial charge in [-0.2, -0.15) is 0 Å². The maximum atomic E-state index is 12.1. The van der Waals surface area contributed by atoms with E-state index in [0.717, 1.165) is 23.9 Å². The fourth-order valence-corrected chi connectivity index (χ4v) is 2.50. The first-order valence-corrected chi connectivity index (χ1v) is 7.47. The van der Waals surface area contributed by atoms with Crippen LogP contribution in [0.25, 0.3) is 0 Å². The molecule has 1 aromatic heterocycles. The van der Waals surface area contributed by atoms with Crippen LogP contribution < -0.4 is 5.32 Å². The minimum absolute atomic E-state index is 0.219. The summed E-state index contributed by atoms with van der Waals surface area (Å²) in [6.45, 7) is 3.60. The molecule has 104 valence electrons. The zero-order valence-electron chi connectivity index (χ0n) is 11.1. The summed E-state index contributed by atoms with van der Waals surface area (Å²) in [7, 11) is 0. The SMILES string of the molecule is C[C@H]1CCCCN1C(=O)CCNc1ncc(Br)cn1. The summed E-state index contributed by atoms with van der Waals surface area (Å²) in [4.78, 5) is 22.3. The van der Waals surface area contributed by atoms with E-state index in [0.29, 0.717) is 25.0 Å². The lowest BCUT2D eigenvalue weighted by atomic mass is 10.0. The van der Waals surface area contributed by atoms with Crippen LogP contribution in [0, 0.1) is 0 Å². The third-order valence-electron chi connectivity index (χ3n) is 3.37. The molecule has 1 amide bonds. The van der Waals surface area contributed by atoms with E-state index in [1.54, 1.807) is 12.4 Å². The number of amides is 1. The van der Waals surface area contributed by atoms with E-state index >= 15 is 0 Å². The van der Waals surface area contributed by atoms with Gasteiger partial charge in [-0.25, -0.2) is 9.97 Å². The Balaban J connectivity index is 1.75. The molecule has 1 fully saturated rings. The summed E-state index contributed by atoms with van der Waals surface area (Å²) in [5, 5.41) is 3.07. The third kappa shape index (κ3) is 4.16. The Morgan fingerprint density at radius 2 is 2.21 bits per heavy atom. The van der Waals surface area contributed by atoms with E-state index in [-0.39, 0.29) is 5.91 Å². The Labute approximate surface area is 121 Å². The molecular weight excluding hydrogens is 308 g/mol. The van der Waals surface area contributed by atoms with Gasteiger partial charge in [-0.05, 0) is 42.1 Å². The molecular formula is C13H19BrN4O. The van der Waals surface area contributed by atoms with Crippen LogP contribution in [0.15, 0.2) is 16.9 Å². The molecule has 1 saturated heterocycles. The van der Waals surface area contributed by atoms with E-state index in [1.165, 1.54) is 6.42 Å². The number of carbonyl (C=O) groups excluding carboxylic acids is 1. The van der Waals surface area contributed by atoms with Crippen molar-refractivity contribution in [2.24, 2.45) is 0 Å². The van der Waals surface area contributed by atoms with Crippen molar-refractivity contribution < 1.29 is 4.79 Å². The molecule has 1 N–H and O–H groups in total. The fraction of sp³-hybridized carbons (Fsp3) is 0.615. The van der Waals surface area contributed by atoms with E-state index in [9.17, 15) is 4.79 Å². The van der Waals surface area contributed by atoms with Gasteiger partial charge < -0.3 is 10.2 Å². The van der Waals surface area contributed by atoms with Gasteiger partial charge in [0, 0.05) is 37.9 Å². The minimum atomic E-state index is 0.219. The molecule has 0 spiro atoms. The van der Waals surface area contributed by atoms with Crippen molar-refractivity contribution in [1.29, 1.82) is 0 Å². The van der Waals surface area contributed by atoms with Crippen LogP contribution >= 0.6 is 15.9 Å². The number of nitrogens with one attached hydrogen (secondary N) is 1. The van der Waals surface area contributed by atoms with Gasteiger partial charge in [-0.1, -0.05) is 0 Å². The van der Waals surface area contributed by atoms with E-state index in [4.69, 9.17) is 0 Å². The average Bonchev–Trinajstić information content (AvgIpc) is 2.41. The second-order valence-corrected chi connectivity index (χ2v) is 5.75. The van der Waals surface area contributed by atoms with Crippen molar-refractivity contribution in [3.8, 4) is 0 Å². The molecule has 1 aliphatic rings. The molecule has 19 heavy (non-hydrogen) atoms. The number of hydrogen-bond acceptors (Lipinski definition) is 4. The molecule has 0 bridgehead atoms. The summed E-state index contributed by atoms with van der Waals surface area (Å²) >= 11 is 3.28. The number of rotatable bonds is 4. The van der Waals surface area contributed by atoms with Gasteiger partial charge in [0.05, 0.1) is 4.47 Å². The quantitative estimate of drug-likeness (QED) is 0.923. The number of halogens is 1. The van der Waals surface area contributed by atoms with Gasteiger partial charge in [0.1, 0.15) is 0 Å². The largest absolute Gasteiger partial charge is 0.354 e. The highest BCUT2D eigenvalue weighted by Gasteiger charge is 2.22. The molecule has 1 aliphatic heterocycles. The zero-order valence-corrected chi connectivity index (χ0v) is 12.7. The molecule has 1 aromatic rings. The number of piperidine rings is 1. The van der Waals surface area contributed by atoms with Crippen LogP contribution in [0.4, 0.5) is 5.95 Å². The van der Waals surface area contributed by atoms with Gasteiger partial charge >= 0.3 is 0 Å². The Morgan fingerprint density at radius 1 is 1.47 bits per heavy atom. The van der Waals surface area contributed by atoms with E-state index in [2.05, 4.69) is 38.1 Å². The Kier molecular flexibility index (Phi) is 5.13. The maximum absolute atomic E-state index is 12.1. The highest BCUT2D eigenvalue weighted by atomic mass is 79.9. The summed E-state index contributed by atoms with van der Waals surface area (Å²) in [6.07, 6.45) is 7.34. The average molecular weight is 327 g/mol. The topological polar surface area (TPSA) is 58.1 Å². The molecule has 1 atom stereocenters. The van der Waals surface area contributed by atoms with Crippen LogP contribution in [0.1, 0.15) is 32.6 Å². The monoisotopic (exact) mass is 326 g/mol. The first kappa shape index (κ1) is 14.2.